The van der Waals surface area contributed by atoms with Gasteiger partial charge in [0.2, 0.25) is 0 Å². The average Bonchev–Trinajstić information content (AvgIpc) is 2.35. The van der Waals surface area contributed by atoms with E-state index in [1.807, 2.05) is 26.8 Å². The van der Waals surface area contributed by atoms with Crippen LogP contribution in [0.15, 0.2) is 12.2 Å². The Labute approximate surface area is 120 Å². The lowest BCUT2D eigenvalue weighted by Crippen LogP contribution is -2.53. The number of carbonyl (C=O) groups excluding carboxylic acids is 1. The molecule has 114 valence electrons. The van der Waals surface area contributed by atoms with Crippen LogP contribution in [0.5, 0.6) is 0 Å². The molecule has 1 aliphatic heterocycles. The quantitative estimate of drug-likeness (QED) is 0.639. The lowest BCUT2D eigenvalue weighted by atomic mass is 9.74. The first-order chi connectivity index (χ1) is 9.27. The summed E-state index contributed by atoms with van der Waals surface area (Å²) in [6, 6.07) is -0.126. The van der Waals surface area contributed by atoms with E-state index in [9.17, 15) is 14.7 Å². The van der Waals surface area contributed by atoms with E-state index in [0.29, 0.717) is 13.2 Å². The molecule has 0 aromatic heterocycles. The molecule has 1 saturated heterocycles. The zero-order valence-corrected chi connectivity index (χ0v) is 12.8. The van der Waals surface area contributed by atoms with Crippen molar-refractivity contribution in [3.63, 3.8) is 0 Å². The fraction of sp³-hybridized carbons (Fsp3) is 0.733. The Bertz CT molecular complexity index is 384. The normalized spacial score (nSPS) is 23.9. The summed E-state index contributed by atoms with van der Waals surface area (Å²) in [6.45, 7) is 8.76. The number of likely N-dealkylation sites (tertiary alicyclic amines) is 1. The highest BCUT2D eigenvalue weighted by molar-refractivity contribution is 5.81. The Morgan fingerprint density at radius 2 is 2.05 bits per heavy atom. The highest BCUT2D eigenvalue weighted by Gasteiger charge is 2.40. The Balaban J connectivity index is 2.91. The second-order valence-electron chi connectivity index (χ2n) is 6.20. The first-order valence-electron chi connectivity index (χ1n) is 7.12. The van der Waals surface area contributed by atoms with Gasteiger partial charge in [-0.1, -0.05) is 26.8 Å². The van der Waals surface area contributed by atoms with Gasteiger partial charge in [-0.3, -0.25) is 0 Å². The van der Waals surface area contributed by atoms with Crippen LogP contribution < -0.4 is 0 Å². The third-order valence-electron chi connectivity index (χ3n) is 3.58. The molecule has 0 spiro atoms. The number of carboxylic acid groups (broad SMARTS) is 1. The zero-order chi connectivity index (χ0) is 15.3. The summed E-state index contributed by atoms with van der Waals surface area (Å²) in [5, 5.41) is 9.36. The molecule has 2 atom stereocenters. The van der Waals surface area contributed by atoms with E-state index in [-0.39, 0.29) is 23.3 Å². The summed E-state index contributed by atoms with van der Waals surface area (Å²) >= 11 is 0. The van der Waals surface area contributed by atoms with Crippen molar-refractivity contribution in [1.29, 1.82) is 0 Å². The molecule has 5 heteroatoms. The molecule has 0 radical (unpaired) electrons. The molecular weight excluding hydrogens is 258 g/mol. The molecule has 0 aromatic carbocycles. The Hall–Kier alpha value is -1.52. The lowest BCUT2D eigenvalue weighted by molar-refractivity contribution is -0.137. The number of piperidine rings is 1. The third-order valence-corrected chi connectivity index (χ3v) is 3.58. The minimum absolute atomic E-state index is 0.0456. The van der Waals surface area contributed by atoms with E-state index in [0.717, 1.165) is 12.8 Å². The zero-order valence-electron chi connectivity index (χ0n) is 12.8. The van der Waals surface area contributed by atoms with Crippen LogP contribution in [0, 0.1) is 11.3 Å². The topological polar surface area (TPSA) is 66.8 Å². The molecule has 1 rings (SSSR count). The first-order valence-corrected chi connectivity index (χ1v) is 7.12. The number of hydrogen-bond donors (Lipinski definition) is 1. The first kappa shape index (κ1) is 16.5. The van der Waals surface area contributed by atoms with Crippen molar-refractivity contribution >= 4 is 12.1 Å². The van der Waals surface area contributed by atoms with Gasteiger partial charge in [0.1, 0.15) is 0 Å². The molecule has 0 bridgehead atoms. The van der Waals surface area contributed by atoms with E-state index in [1.54, 1.807) is 6.92 Å². The molecule has 0 aromatic rings. The van der Waals surface area contributed by atoms with Crippen LogP contribution in [0.4, 0.5) is 4.79 Å². The van der Waals surface area contributed by atoms with Gasteiger partial charge in [-0.25, -0.2) is 9.59 Å². The van der Waals surface area contributed by atoms with Gasteiger partial charge in [0, 0.05) is 18.7 Å². The van der Waals surface area contributed by atoms with Crippen molar-refractivity contribution in [2.45, 2.75) is 46.6 Å². The number of nitrogens with zero attached hydrogens (tertiary/aromatic N) is 1. The number of rotatable bonds is 3. The van der Waals surface area contributed by atoms with Crippen molar-refractivity contribution in [2.24, 2.45) is 11.3 Å². The second kappa shape index (κ2) is 6.77. The van der Waals surface area contributed by atoms with Gasteiger partial charge in [-0.05, 0) is 31.1 Å². The Morgan fingerprint density at radius 1 is 1.40 bits per heavy atom. The van der Waals surface area contributed by atoms with Gasteiger partial charge in [-0.2, -0.15) is 0 Å². The number of amides is 1. The Morgan fingerprint density at radius 3 is 2.55 bits per heavy atom. The van der Waals surface area contributed by atoms with Crippen LogP contribution in [0.2, 0.25) is 0 Å². The molecular formula is C15H25NO4. The highest BCUT2D eigenvalue weighted by atomic mass is 16.5. The minimum Gasteiger partial charge on any atom is -0.465 e. The monoisotopic (exact) mass is 283 g/mol. The SMILES string of the molecule is CCOC(=O)/C=C/C1CCCN(C(=O)O)[C@H]1C(C)(C)C. The summed E-state index contributed by atoms with van der Waals surface area (Å²) in [5.41, 5.74) is -0.178. The lowest BCUT2D eigenvalue weighted by Gasteiger charge is -2.46. The molecule has 1 N–H and O–H groups in total. The van der Waals surface area contributed by atoms with Crippen LogP contribution in [0.1, 0.15) is 40.5 Å². The molecule has 0 saturated carbocycles. The van der Waals surface area contributed by atoms with Crippen molar-refractivity contribution in [2.75, 3.05) is 13.2 Å². The molecule has 1 unspecified atom stereocenters. The maximum Gasteiger partial charge on any atom is 0.407 e. The summed E-state index contributed by atoms with van der Waals surface area (Å²) in [5.74, 6) is -0.322. The van der Waals surface area contributed by atoms with E-state index in [2.05, 4.69) is 0 Å². The van der Waals surface area contributed by atoms with E-state index >= 15 is 0 Å². The van der Waals surface area contributed by atoms with Crippen LogP contribution in [-0.2, 0) is 9.53 Å². The predicted octanol–water partition coefficient (Wildman–Crippen LogP) is 2.91. The van der Waals surface area contributed by atoms with E-state index < -0.39 is 6.09 Å². The maximum atomic E-state index is 11.4. The predicted molar refractivity (Wildman–Crippen MR) is 76.5 cm³/mol. The van der Waals surface area contributed by atoms with Crippen molar-refractivity contribution in [3.8, 4) is 0 Å². The standard InChI is InChI=1S/C15H25NO4/c1-5-20-12(17)9-8-11-7-6-10-16(14(18)19)13(11)15(2,3)4/h8-9,11,13H,5-7,10H2,1-4H3,(H,18,19)/b9-8+/t11?,13-/m1/s1. The van der Waals surface area contributed by atoms with Gasteiger partial charge >= 0.3 is 12.1 Å². The fourth-order valence-corrected chi connectivity index (χ4v) is 2.94. The molecule has 1 heterocycles. The van der Waals surface area contributed by atoms with Crippen molar-refractivity contribution in [3.05, 3.63) is 12.2 Å². The van der Waals surface area contributed by atoms with Crippen LogP contribution in [-0.4, -0.2) is 41.3 Å². The van der Waals surface area contributed by atoms with Crippen LogP contribution in [0.3, 0.4) is 0 Å². The molecule has 5 nitrogen and oxygen atoms in total. The number of ether oxygens (including phenoxy) is 1. The summed E-state index contributed by atoms with van der Waals surface area (Å²) in [7, 11) is 0. The van der Waals surface area contributed by atoms with Gasteiger partial charge in [0.15, 0.2) is 0 Å². The average molecular weight is 283 g/mol. The smallest absolute Gasteiger partial charge is 0.407 e. The van der Waals surface area contributed by atoms with E-state index in [1.165, 1.54) is 11.0 Å². The van der Waals surface area contributed by atoms with Gasteiger partial charge in [0.25, 0.3) is 0 Å². The molecule has 0 aliphatic carbocycles. The molecule has 1 amide bonds. The third kappa shape index (κ3) is 4.25. The summed E-state index contributed by atoms with van der Waals surface area (Å²) in [6.07, 6.45) is 4.05. The molecule has 20 heavy (non-hydrogen) atoms. The number of carbonyl (C=O) groups is 2. The second-order valence-corrected chi connectivity index (χ2v) is 6.20. The van der Waals surface area contributed by atoms with Crippen LogP contribution in [0.25, 0.3) is 0 Å². The molecule has 1 aliphatic rings. The van der Waals surface area contributed by atoms with Crippen molar-refractivity contribution < 1.29 is 19.4 Å². The largest absolute Gasteiger partial charge is 0.465 e. The minimum atomic E-state index is -0.890. The van der Waals surface area contributed by atoms with E-state index in [4.69, 9.17) is 4.74 Å². The van der Waals surface area contributed by atoms with Gasteiger partial charge < -0.3 is 14.7 Å². The van der Waals surface area contributed by atoms with Gasteiger partial charge in [0.05, 0.1) is 6.61 Å². The van der Waals surface area contributed by atoms with Crippen molar-refractivity contribution in [1.82, 2.24) is 4.90 Å². The molecule has 1 fully saturated rings. The summed E-state index contributed by atoms with van der Waals surface area (Å²) in [4.78, 5) is 24.3. The number of hydrogen-bond acceptors (Lipinski definition) is 3. The maximum absolute atomic E-state index is 11.4. The van der Waals surface area contributed by atoms with Gasteiger partial charge in [-0.15, -0.1) is 0 Å². The highest BCUT2D eigenvalue weighted by Crippen LogP contribution is 2.36. The summed E-state index contributed by atoms with van der Waals surface area (Å²) < 4.78 is 4.87. The Kier molecular flexibility index (Phi) is 5.60. The fourth-order valence-electron chi connectivity index (χ4n) is 2.94. The van der Waals surface area contributed by atoms with Crippen LogP contribution >= 0.6 is 0 Å². The number of esters is 1.